The second-order valence-electron chi connectivity index (χ2n) is 5.34. The minimum absolute atomic E-state index is 0.132. The summed E-state index contributed by atoms with van der Waals surface area (Å²) in [5.74, 6) is 0. The summed E-state index contributed by atoms with van der Waals surface area (Å²) in [4.78, 5) is 0.583. The zero-order chi connectivity index (χ0) is 16.8. The van der Waals surface area contributed by atoms with E-state index in [0.717, 1.165) is 21.3 Å². The van der Waals surface area contributed by atoms with Crippen LogP contribution in [0.2, 0.25) is 5.02 Å². The first-order valence-corrected chi connectivity index (χ1v) is 9.55. The second-order valence-corrected chi connectivity index (χ2v) is 8.36. The van der Waals surface area contributed by atoms with Gasteiger partial charge < -0.3 is 4.57 Å². The van der Waals surface area contributed by atoms with Crippen LogP contribution in [-0.2, 0) is 17.1 Å². The number of fused-ring (bicyclic) bond motifs is 1. The summed E-state index contributed by atoms with van der Waals surface area (Å²) < 4.78 is 31.9. The minimum Gasteiger partial charge on any atom is -0.319 e. The molecule has 1 heterocycles. The summed E-state index contributed by atoms with van der Waals surface area (Å²) in [7, 11) is -1.94. The molecular formula is C16H15ClN2O2S2. The number of thiazole rings is 1. The maximum absolute atomic E-state index is 12.5. The highest BCUT2D eigenvalue weighted by Gasteiger charge is 2.15. The highest BCUT2D eigenvalue weighted by atomic mass is 35.5. The first-order chi connectivity index (χ1) is 10.8. The van der Waals surface area contributed by atoms with Gasteiger partial charge in [0.2, 0.25) is 4.80 Å². The fourth-order valence-corrected chi connectivity index (χ4v) is 4.93. The fraction of sp³-hybridized carbons (Fsp3) is 0.188. The molecule has 7 heteroatoms. The van der Waals surface area contributed by atoms with Gasteiger partial charge in [-0.25, -0.2) is 0 Å². The van der Waals surface area contributed by atoms with Crippen LogP contribution in [0, 0.1) is 13.8 Å². The molecule has 0 N–H and O–H groups in total. The Morgan fingerprint density at radius 2 is 1.65 bits per heavy atom. The van der Waals surface area contributed by atoms with Crippen molar-refractivity contribution in [1.82, 2.24) is 4.57 Å². The van der Waals surface area contributed by atoms with E-state index in [9.17, 15) is 8.42 Å². The maximum Gasteiger partial charge on any atom is 0.285 e. The Labute approximate surface area is 143 Å². The van der Waals surface area contributed by atoms with E-state index in [2.05, 4.69) is 4.40 Å². The molecule has 4 nitrogen and oxygen atoms in total. The van der Waals surface area contributed by atoms with Gasteiger partial charge in [-0.05, 0) is 49.2 Å². The average Bonchev–Trinajstić information content (AvgIpc) is 2.81. The van der Waals surface area contributed by atoms with Gasteiger partial charge in [-0.3, -0.25) is 0 Å². The molecule has 23 heavy (non-hydrogen) atoms. The molecule has 3 rings (SSSR count). The second kappa shape index (κ2) is 5.78. The predicted octanol–water partition coefficient (Wildman–Crippen LogP) is 3.80. The van der Waals surface area contributed by atoms with Gasteiger partial charge in [0, 0.05) is 12.1 Å². The predicted molar refractivity (Wildman–Crippen MR) is 94.5 cm³/mol. The van der Waals surface area contributed by atoms with Crippen LogP contribution in [0.3, 0.4) is 0 Å². The molecule has 120 valence electrons. The number of aromatic nitrogens is 1. The van der Waals surface area contributed by atoms with E-state index in [4.69, 9.17) is 11.6 Å². The molecule has 0 saturated carbocycles. The fourth-order valence-electron chi connectivity index (χ4n) is 2.41. The molecule has 1 aromatic heterocycles. The van der Waals surface area contributed by atoms with Crippen LogP contribution < -0.4 is 4.80 Å². The third kappa shape index (κ3) is 2.94. The van der Waals surface area contributed by atoms with Gasteiger partial charge in [0.25, 0.3) is 10.0 Å². The summed E-state index contributed by atoms with van der Waals surface area (Å²) in [6.07, 6.45) is 0. The van der Waals surface area contributed by atoms with Crippen molar-refractivity contribution in [2.75, 3.05) is 0 Å². The van der Waals surface area contributed by atoms with Crippen molar-refractivity contribution in [1.29, 1.82) is 0 Å². The van der Waals surface area contributed by atoms with Crippen LogP contribution in [0.4, 0.5) is 0 Å². The van der Waals surface area contributed by atoms with Gasteiger partial charge in [0.05, 0.1) is 15.1 Å². The molecular weight excluding hydrogens is 352 g/mol. The van der Waals surface area contributed by atoms with E-state index in [-0.39, 0.29) is 4.90 Å². The highest BCUT2D eigenvalue weighted by molar-refractivity contribution is 7.90. The van der Waals surface area contributed by atoms with E-state index in [1.807, 2.05) is 37.6 Å². The molecule has 0 unspecified atom stereocenters. The summed E-state index contributed by atoms with van der Waals surface area (Å²) in [6.45, 7) is 4.02. The van der Waals surface area contributed by atoms with Crippen LogP contribution in [0.5, 0.6) is 0 Å². The highest BCUT2D eigenvalue weighted by Crippen LogP contribution is 2.24. The first kappa shape index (κ1) is 16.2. The summed E-state index contributed by atoms with van der Waals surface area (Å²) in [6, 6.07) is 10.1. The summed E-state index contributed by atoms with van der Waals surface area (Å²) in [5, 5.41) is 0.489. The molecule has 2 aromatic carbocycles. The van der Waals surface area contributed by atoms with Crippen molar-refractivity contribution in [2.24, 2.45) is 11.4 Å². The average molecular weight is 367 g/mol. The number of nitrogens with zero attached hydrogens (tertiary/aromatic N) is 2. The zero-order valence-corrected chi connectivity index (χ0v) is 15.3. The third-order valence-electron chi connectivity index (χ3n) is 3.66. The number of hydrogen-bond acceptors (Lipinski definition) is 3. The number of rotatable bonds is 2. The normalized spacial score (nSPS) is 13.0. The van der Waals surface area contributed by atoms with Gasteiger partial charge in [0.1, 0.15) is 0 Å². The number of benzene rings is 2. The van der Waals surface area contributed by atoms with E-state index >= 15 is 0 Å². The van der Waals surface area contributed by atoms with Crippen molar-refractivity contribution in [3.05, 3.63) is 57.3 Å². The standard InChI is InChI=1S/C16H15ClN2O2S2/c1-10-4-5-11(2)15-14(10)19(3)16(22-15)18-23(20,21)13-8-6-12(17)7-9-13/h4-9H,1-3H3. The lowest BCUT2D eigenvalue weighted by Crippen LogP contribution is -2.14. The molecule has 0 saturated heterocycles. The summed E-state index contributed by atoms with van der Waals surface area (Å²) in [5.41, 5.74) is 3.21. The summed E-state index contributed by atoms with van der Waals surface area (Å²) >= 11 is 7.19. The van der Waals surface area contributed by atoms with Crippen LogP contribution in [-0.4, -0.2) is 13.0 Å². The lowest BCUT2D eigenvalue weighted by Gasteiger charge is -2.02. The lowest BCUT2D eigenvalue weighted by atomic mass is 10.1. The van der Waals surface area contributed by atoms with Gasteiger partial charge >= 0.3 is 0 Å². The van der Waals surface area contributed by atoms with Crippen LogP contribution in [0.1, 0.15) is 11.1 Å². The SMILES string of the molecule is Cc1ccc(C)c2c1sc(=NS(=O)(=O)c1ccc(Cl)cc1)n2C. The van der Waals surface area contributed by atoms with Gasteiger partial charge in [0.15, 0.2) is 0 Å². The third-order valence-corrected chi connectivity index (χ3v) is 6.57. The molecule has 0 bridgehead atoms. The molecule has 0 aliphatic carbocycles. The van der Waals surface area contributed by atoms with Crippen molar-refractivity contribution in [2.45, 2.75) is 18.7 Å². The Morgan fingerprint density at radius 3 is 2.26 bits per heavy atom. The maximum atomic E-state index is 12.5. The number of hydrogen-bond donors (Lipinski definition) is 0. The van der Waals surface area contributed by atoms with E-state index in [1.165, 1.54) is 23.5 Å². The molecule has 0 aliphatic heterocycles. The van der Waals surface area contributed by atoms with E-state index in [1.54, 1.807) is 12.1 Å². The van der Waals surface area contributed by atoms with E-state index in [0.29, 0.717) is 9.82 Å². The van der Waals surface area contributed by atoms with Crippen LogP contribution in [0.25, 0.3) is 10.2 Å². The topological polar surface area (TPSA) is 51.4 Å². The Bertz CT molecular complexity index is 1060. The molecule has 0 amide bonds. The Kier molecular flexibility index (Phi) is 4.08. The Balaban J connectivity index is 2.26. The number of sulfonamides is 1. The zero-order valence-electron chi connectivity index (χ0n) is 12.9. The largest absolute Gasteiger partial charge is 0.319 e. The molecule has 3 aromatic rings. The molecule has 0 fully saturated rings. The van der Waals surface area contributed by atoms with Crippen LogP contribution >= 0.6 is 22.9 Å². The quantitative estimate of drug-likeness (QED) is 0.692. The van der Waals surface area contributed by atoms with Crippen molar-refractivity contribution >= 4 is 43.2 Å². The molecule has 0 radical (unpaired) electrons. The van der Waals surface area contributed by atoms with Gasteiger partial charge in [-0.2, -0.15) is 8.42 Å². The lowest BCUT2D eigenvalue weighted by molar-refractivity contribution is 0.596. The Hall–Kier alpha value is -1.63. The number of halogens is 1. The van der Waals surface area contributed by atoms with Crippen LogP contribution in [0.15, 0.2) is 45.7 Å². The van der Waals surface area contributed by atoms with Crippen molar-refractivity contribution in [3.8, 4) is 0 Å². The molecule has 0 spiro atoms. The monoisotopic (exact) mass is 366 g/mol. The smallest absolute Gasteiger partial charge is 0.285 e. The molecule has 0 aliphatic rings. The number of aryl methyl sites for hydroxylation is 3. The molecule has 0 atom stereocenters. The Morgan fingerprint density at radius 1 is 1.04 bits per heavy atom. The minimum atomic E-state index is -3.77. The van der Waals surface area contributed by atoms with Crippen molar-refractivity contribution < 1.29 is 8.42 Å². The first-order valence-electron chi connectivity index (χ1n) is 6.92. The van der Waals surface area contributed by atoms with Gasteiger partial charge in [-0.15, -0.1) is 4.40 Å². The van der Waals surface area contributed by atoms with Crippen molar-refractivity contribution in [3.63, 3.8) is 0 Å². The van der Waals surface area contributed by atoms with E-state index < -0.39 is 10.0 Å². The van der Waals surface area contributed by atoms with Gasteiger partial charge in [-0.1, -0.05) is 35.1 Å².